The average Bonchev–Trinajstić information content (AvgIpc) is 3.31. The van der Waals surface area contributed by atoms with Crippen LogP contribution in [0.1, 0.15) is 36.8 Å². The van der Waals surface area contributed by atoms with Crippen molar-refractivity contribution in [1.82, 2.24) is 14.9 Å². The van der Waals surface area contributed by atoms with E-state index in [1.54, 1.807) is 6.20 Å². The summed E-state index contributed by atoms with van der Waals surface area (Å²) >= 11 is 0. The molecule has 0 saturated heterocycles. The Morgan fingerprint density at radius 1 is 1.17 bits per heavy atom. The van der Waals surface area contributed by atoms with E-state index in [1.165, 1.54) is 24.8 Å². The highest BCUT2D eigenvalue weighted by molar-refractivity contribution is 5.79. The normalized spacial score (nSPS) is 25.7. The lowest BCUT2D eigenvalue weighted by atomic mass is 9.88. The third-order valence-electron chi connectivity index (χ3n) is 5.49. The molecule has 0 spiro atoms. The summed E-state index contributed by atoms with van der Waals surface area (Å²) < 4.78 is 2.05. The maximum atomic E-state index is 12.4. The standard InChI is InChI=1S/C19H23N3O/c23-19(18-10-16-5-6-17(18)9-16)21-11-14-1-3-15(4-2-14)12-22-8-7-20-13-22/h1-4,7-8,13,16-18H,5-6,9-12H2,(H,21,23). The molecule has 1 heterocycles. The molecule has 2 saturated carbocycles. The van der Waals surface area contributed by atoms with E-state index >= 15 is 0 Å². The van der Waals surface area contributed by atoms with Crippen LogP contribution in [0.4, 0.5) is 0 Å². The fourth-order valence-corrected chi connectivity index (χ4v) is 4.24. The highest BCUT2D eigenvalue weighted by Crippen LogP contribution is 2.48. The molecule has 1 aromatic carbocycles. The zero-order valence-corrected chi connectivity index (χ0v) is 13.3. The van der Waals surface area contributed by atoms with Gasteiger partial charge in [0, 0.05) is 31.4 Å². The summed E-state index contributed by atoms with van der Waals surface area (Å²) in [5, 5.41) is 3.14. The van der Waals surface area contributed by atoms with Crippen molar-refractivity contribution < 1.29 is 4.79 Å². The second kappa shape index (κ2) is 6.19. The van der Waals surface area contributed by atoms with Crippen molar-refractivity contribution in [3.05, 3.63) is 54.1 Å². The van der Waals surface area contributed by atoms with Crippen LogP contribution in [0.3, 0.4) is 0 Å². The monoisotopic (exact) mass is 309 g/mol. The fraction of sp³-hybridized carbons (Fsp3) is 0.474. The minimum atomic E-state index is 0.264. The minimum Gasteiger partial charge on any atom is -0.352 e. The molecule has 4 nitrogen and oxygen atoms in total. The molecule has 2 aromatic rings. The minimum absolute atomic E-state index is 0.264. The molecule has 2 bridgehead atoms. The van der Waals surface area contributed by atoms with Gasteiger partial charge < -0.3 is 9.88 Å². The predicted molar refractivity (Wildman–Crippen MR) is 88.6 cm³/mol. The van der Waals surface area contributed by atoms with E-state index in [0.29, 0.717) is 12.5 Å². The van der Waals surface area contributed by atoms with Gasteiger partial charge >= 0.3 is 0 Å². The van der Waals surface area contributed by atoms with Gasteiger partial charge in [0.2, 0.25) is 5.91 Å². The highest BCUT2D eigenvalue weighted by atomic mass is 16.1. The number of benzene rings is 1. The van der Waals surface area contributed by atoms with Gasteiger partial charge in [0.1, 0.15) is 0 Å². The van der Waals surface area contributed by atoms with Crippen molar-refractivity contribution >= 4 is 5.91 Å². The van der Waals surface area contributed by atoms with Crippen molar-refractivity contribution in [3.63, 3.8) is 0 Å². The number of aromatic nitrogens is 2. The van der Waals surface area contributed by atoms with Gasteiger partial charge in [-0.1, -0.05) is 30.7 Å². The Morgan fingerprint density at radius 3 is 2.65 bits per heavy atom. The summed E-state index contributed by atoms with van der Waals surface area (Å²) in [5.41, 5.74) is 2.40. The predicted octanol–water partition coefficient (Wildman–Crippen LogP) is 2.98. The fourth-order valence-electron chi connectivity index (χ4n) is 4.24. The van der Waals surface area contributed by atoms with Gasteiger partial charge in [0.05, 0.1) is 6.33 Å². The summed E-state index contributed by atoms with van der Waals surface area (Å²) in [6.45, 7) is 1.47. The number of imidazole rings is 1. The molecule has 2 fully saturated rings. The zero-order valence-electron chi connectivity index (χ0n) is 13.3. The Bertz CT molecular complexity index is 662. The van der Waals surface area contributed by atoms with Crippen LogP contribution in [0.5, 0.6) is 0 Å². The molecular weight excluding hydrogens is 286 g/mol. The van der Waals surface area contributed by atoms with Gasteiger partial charge in [-0.3, -0.25) is 4.79 Å². The molecule has 0 radical (unpaired) electrons. The van der Waals surface area contributed by atoms with Crippen molar-refractivity contribution in [3.8, 4) is 0 Å². The molecule has 1 N–H and O–H groups in total. The molecule has 120 valence electrons. The van der Waals surface area contributed by atoms with E-state index in [4.69, 9.17) is 0 Å². The van der Waals surface area contributed by atoms with E-state index < -0.39 is 0 Å². The zero-order chi connectivity index (χ0) is 15.6. The number of nitrogens with zero attached hydrogens (tertiary/aromatic N) is 2. The molecule has 2 aliphatic rings. The summed E-state index contributed by atoms with van der Waals surface area (Å²) in [4.78, 5) is 16.4. The molecule has 0 aliphatic heterocycles. The van der Waals surface area contributed by atoms with Crippen molar-refractivity contribution in [1.29, 1.82) is 0 Å². The maximum Gasteiger partial charge on any atom is 0.223 e. The quantitative estimate of drug-likeness (QED) is 0.923. The SMILES string of the molecule is O=C(NCc1ccc(Cn2ccnc2)cc1)C1CC2CCC1C2. The van der Waals surface area contributed by atoms with Gasteiger partial charge in [-0.15, -0.1) is 0 Å². The lowest BCUT2D eigenvalue weighted by Crippen LogP contribution is -2.33. The first-order chi connectivity index (χ1) is 11.3. The summed E-state index contributed by atoms with van der Waals surface area (Å²) in [6.07, 6.45) is 10.6. The van der Waals surface area contributed by atoms with Crippen LogP contribution in [0.2, 0.25) is 0 Å². The van der Waals surface area contributed by atoms with Crippen molar-refractivity contribution in [2.45, 2.75) is 38.8 Å². The van der Waals surface area contributed by atoms with E-state index in [1.807, 2.05) is 17.1 Å². The lowest BCUT2D eigenvalue weighted by Gasteiger charge is -2.20. The Kier molecular flexibility index (Phi) is 3.90. The van der Waals surface area contributed by atoms with E-state index in [2.05, 4.69) is 34.6 Å². The number of carbonyl (C=O) groups excluding carboxylic acids is 1. The average molecular weight is 309 g/mol. The molecule has 1 amide bonds. The van der Waals surface area contributed by atoms with E-state index in [9.17, 15) is 4.79 Å². The van der Waals surface area contributed by atoms with Crippen LogP contribution >= 0.6 is 0 Å². The number of nitrogens with one attached hydrogen (secondary N) is 1. The summed E-state index contributed by atoms with van der Waals surface area (Å²) in [6, 6.07) is 8.46. The molecule has 3 atom stereocenters. The molecule has 4 rings (SSSR count). The molecule has 3 unspecified atom stereocenters. The number of fused-ring (bicyclic) bond motifs is 2. The Labute approximate surface area is 136 Å². The third-order valence-corrected chi connectivity index (χ3v) is 5.49. The van der Waals surface area contributed by atoms with Gasteiger partial charge in [-0.05, 0) is 42.2 Å². The van der Waals surface area contributed by atoms with Crippen LogP contribution in [0.15, 0.2) is 43.0 Å². The van der Waals surface area contributed by atoms with E-state index in [0.717, 1.165) is 24.4 Å². The largest absolute Gasteiger partial charge is 0.352 e. The first kappa shape index (κ1) is 14.5. The van der Waals surface area contributed by atoms with Gasteiger partial charge in [-0.25, -0.2) is 4.98 Å². The highest BCUT2D eigenvalue weighted by Gasteiger charge is 2.42. The number of carbonyl (C=O) groups is 1. The molecule has 23 heavy (non-hydrogen) atoms. The number of hydrogen-bond acceptors (Lipinski definition) is 2. The lowest BCUT2D eigenvalue weighted by molar-refractivity contribution is -0.126. The van der Waals surface area contributed by atoms with Crippen LogP contribution in [-0.4, -0.2) is 15.5 Å². The Morgan fingerprint density at radius 2 is 2.00 bits per heavy atom. The number of amides is 1. The smallest absolute Gasteiger partial charge is 0.223 e. The van der Waals surface area contributed by atoms with Gasteiger partial charge in [0.25, 0.3) is 0 Å². The van der Waals surface area contributed by atoms with Gasteiger partial charge in [0.15, 0.2) is 0 Å². The van der Waals surface area contributed by atoms with Crippen LogP contribution in [0, 0.1) is 17.8 Å². The van der Waals surface area contributed by atoms with E-state index in [-0.39, 0.29) is 11.8 Å². The maximum absolute atomic E-state index is 12.4. The second-order valence-electron chi connectivity index (χ2n) is 7.05. The molecule has 1 aromatic heterocycles. The van der Waals surface area contributed by atoms with Crippen LogP contribution in [-0.2, 0) is 17.9 Å². The molecule has 4 heteroatoms. The van der Waals surface area contributed by atoms with Crippen molar-refractivity contribution in [2.75, 3.05) is 0 Å². The first-order valence-corrected chi connectivity index (χ1v) is 8.59. The molecule has 2 aliphatic carbocycles. The summed E-state index contributed by atoms with van der Waals surface area (Å²) in [5.74, 6) is 2.00. The molecular formula is C19H23N3O. The first-order valence-electron chi connectivity index (χ1n) is 8.59. The van der Waals surface area contributed by atoms with Crippen LogP contribution < -0.4 is 5.32 Å². The summed E-state index contributed by atoms with van der Waals surface area (Å²) in [7, 11) is 0. The topological polar surface area (TPSA) is 46.9 Å². The third kappa shape index (κ3) is 3.16. The van der Waals surface area contributed by atoms with Crippen LogP contribution in [0.25, 0.3) is 0 Å². The second-order valence-corrected chi connectivity index (χ2v) is 7.05. The van der Waals surface area contributed by atoms with Gasteiger partial charge in [-0.2, -0.15) is 0 Å². The number of rotatable bonds is 5. The number of hydrogen-bond donors (Lipinski definition) is 1. The Balaban J connectivity index is 1.30. The van der Waals surface area contributed by atoms with Crippen molar-refractivity contribution in [2.24, 2.45) is 17.8 Å². The Hall–Kier alpha value is -2.10.